The number of methoxy groups -OCH3 is 1. The van der Waals surface area contributed by atoms with Crippen LogP contribution in [-0.2, 0) is 22.4 Å². The lowest BCUT2D eigenvalue weighted by atomic mass is 9.95. The van der Waals surface area contributed by atoms with Crippen LogP contribution in [0.15, 0.2) is 23.1 Å². The number of carbonyl (C=O) groups is 2. The summed E-state index contributed by atoms with van der Waals surface area (Å²) in [7, 11) is 1.37. The number of fused-ring (bicyclic) bond motifs is 2. The Labute approximate surface area is 171 Å². The van der Waals surface area contributed by atoms with E-state index in [0.717, 1.165) is 41.9 Å². The van der Waals surface area contributed by atoms with E-state index in [1.807, 2.05) is 18.2 Å². The van der Waals surface area contributed by atoms with Crippen LogP contribution in [0.5, 0.6) is 11.5 Å². The highest BCUT2D eigenvalue weighted by Crippen LogP contribution is 2.39. The van der Waals surface area contributed by atoms with Crippen LogP contribution in [0.25, 0.3) is 0 Å². The Hall–Kier alpha value is -2.19. The first-order chi connectivity index (χ1) is 13.7. The van der Waals surface area contributed by atoms with Crippen molar-refractivity contribution in [1.29, 1.82) is 0 Å². The molecular weight excluding hydrogens is 398 g/mol. The Morgan fingerprint density at radius 1 is 1.18 bits per heavy atom. The van der Waals surface area contributed by atoms with Gasteiger partial charge in [0.25, 0.3) is 0 Å². The molecule has 2 heterocycles. The normalized spacial score (nSPS) is 14.9. The van der Waals surface area contributed by atoms with Crippen LogP contribution in [0.1, 0.15) is 33.6 Å². The number of ether oxygens (including phenoxy) is 3. The zero-order chi connectivity index (χ0) is 19.5. The zero-order valence-corrected chi connectivity index (χ0v) is 17.2. The molecule has 1 aromatic carbocycles. The van der Waals surface area contributed by atoms with Gasteiger partial charge in [-0.05, 0) is 49.4 Å². The second-order valence-electron chi connectivity index (χ2n) is 6.55. The first-order valence-corrected chi connectivity index (χ1v) is 11.0. The van der Waals surface area contributed by atoms with Crippen molar-refractivity contribution in [3.05, 3.63) is 34.2 Å². The van der Waals surface area contributed by atoms with Gasteiger partial charge in [-0.15, -0.1) is 23.1 Å². The van der Waals surface area contributed by atoms with Crippen molar-refractivity contribution in [1.82, 2.24) is 0 Å². The summed E-state index contributed by atoms with van der Waals surface area (Å²) in [5.74, 6) is 1.14. The van der Waals surface area contributed by atoms with E-state index < -0.39 is 0 Å². The number of aryl methyl sites for hydroxylation is 1. The molecule has 0 saturated carbocycles. The van der Waals surface area contributed by atoms with Crippen molar-refractivity contribution >= 4 is 40.0 Å². The number of amides is 1. The van der Waals surface area contributed by atoms with Crippen LogP contribution in [0.3, 0.4) is 0 Å². The molecule has 0 saturated heterocycles. The molecule has 8 heteroatoms. The van der Waals surface area contributed by atoms with E-state index in [4.69, 9.17) is 14.2 Å². The molecule has 2 aromatic rings. The number of hydrogen-bond acceptors (Lipinski definition) is 7. The largest absolute Gasteiger partial charge is 0.486 e. The summed E-state index contributed by atoms with van der Waals surface area (Å²) in [6.07, 6.45) is 3.98. The fraction of sp³-hybridized carbons (Fsp3) is 0.400. The predicted molar refractivity (Wildman–Crippen MR) is 109 cm³/mol. The summed E-state index contributed by atoms with van der Waals surface area (Å²) >= 11 is 2.91. The quantitative estimate of drug-likeness (QED) is 0.585. The van der Waals surface area contributed by atoms with Crippen molar-refractivity contribution in [3.63, 3.8) is 0 Å². The van der Waals surface area contributed by atoms with Crippen molar-refractivity contribution in [2.45, 2.75) is 30.6 Å². The van der Waals surface area contributed by atoms with E-state index in [2.05, 4.69) is 5.32 Å². The Kier molecular flexibility index (Phi) is 5.77. The van der Waals surface area contributed by atoms with Crippen LogP contribution in [0, 0.1) is 0 Å². The number of esters is 1. The van der Waals surface area contributed by atoms with Crippen molar-refractivity contribution in [2.75, 3.05) is 31.4 Å². The van der Waals surface area contributed by atoms with Gasteiger partial charge < -0.3 is 19.5 Å². The molecule has 28 heavy (non-hydrogen) atoms. The number of hydrogen-bond donors (Lipinski definition) is 1. The lowest BCUT2D eigenvalue weighted by molar-refractivity contribution is -0.113. The SMILES string of the molecule is COC(=O)c1c(NC(=O)CSc2ccc3c(c2)OCCO3)sc2c1CCCC2. The highest BCUT2D eigenvalue weighted by molar-refractivity contribution is 8.00. The highest BCUT2D eigenvalue weighted by atomic mass is 32.2. The standard InChI is InChI=1S/C20H21NO5S2/c1-24-20(23)18-13-4-2-3-5-16(13)28-19(18)21-17(22)11-27-12-6-7-14-15(10-12)26-9-8-25-14/h6-7,10H,2-5,8-9,11H2,1H3,(H,21,22). The molecule has 1 amide bonds. The van der Waals surface area contributed by atoms with Gasteiger partial charge in [-0.2, -0.15) is 0 Å². The van der Waals surface area contributed by atoms with E-state index in [1.165, 1.54) is 35.1 Å². The first kappa shape index (κ1) is 19.1. The Morgan fingerprint density at radius 3 is 2.79 bits per heavy atom. The van der Waals surface area contributed by atoms with Crippen LogP contribution in [0.4, 0.5) is 5.00 Å². The van der Waals surface area contributed by atoms with E-state index in [-0.39, 0.29) is 17.6 Å². The number of rotatable bonds is 5. The number of thiophene rings is 1. The molecule has 1 aromatic heterocycles. The minimum Gasteiger partial charge on any atom is -0.486 e. The lowest BCUT2D eigenvalue weighted by Gasteiger charge is -2.18. The molecule has 1 aliphatic carbocycles. The van der Waals surface area contributed by atoms with Gasteiger partial charge >= 0.3 is 5.97 Å². The molecular formula is C20H21NO5S2. The second-order valence-corrected chi connectivity index (χ2v) is 8.70. The second kappa shape index (κ2) is 8.45. The summed E-state index contributed by atoms with van der Waals surface area (Å²) in [6.45, 7) is 1.08. The van der Waals surface area contributed by atoms with Crippen LogP contribution < -0.4 is 14.8 Å². The average molecular weight is 420 g/mol. The molecule has 2 aliphatic rings. The number of benzene rings is 1. The van der Waals surface area contributed by atoms with Gasteiger partial charge in [0.1, 0.15) is 18.2 Å². The molecule has 0 radical (unpaired) electrons. The van der Waals surface area contributed by atoms with Crippen molar-refractivity contribution in [3.8, 4) is 11.5 Å². The predicted octanol–water partition coefficient (Wildman–Crippen LogP) is 3.92. The van der Waals surface area contributed by atoms with Gasteiger partial charge in [0.2, 0.25) is 5.91 Å². The molecule has 0 unspecified atom stereocenters. The lowest BCUT2D eigenvalue weighted by Crippen LogP contribution is -2.17. The molecule has 0 atom stereocenters. The van der Waals surface area contributed by atoms with Gasteiger partial charge in [0.05, 0.1) is 18.4 Å². The Balaban J connectivity index is 1.44. The minimum absolute atomic E-state index is 0.149. The molecule has 1 aliphatic heterocycles. The molecule has 6 nitrogen and oxygen atoms in total. The van der Waals surface area contributed by atoms with Gasteiger partial charge in [-0.3, -0.25) is 4.79 Å². The van der Waals surface area contributed by atoms with Gasteiger partial charge in [-0.1, -0.05) is 0 Å². The zero-order valence-electron chi connectivity index (χ0n) is 15.5. The van der Waals surface area contributed by atoms with Crippen molar-refractivity contribution in [2.24, 2.45) is 0 Å². The summed E-state index contributed by atoms with van der Waals surface area (Å²) in [5, 5.41) is 3.52. The van der Waals surface area contributed by atoms with E-state index in [0.29, 0.717) is 29.5 Å². The molecule has 148 valence electrons. The topological polar surface area (TPSA) is 73.9 Å². The summed E-state index contributed by atoms with van der Waals surface area (Å²) < 4.78 is 16.0. The fourth-order valence-electron chi connectivity index (χ4n) is 3.40. The molecule has 0 spiro atoms. The Morgan fingerprint density at radius 2 is 1.96 bits per heavy atom. The van der Waals surface area contributed by atoms with E-state index in [1.54, 1.807) is 0 Å². The van der Waals surface area contributed by atoms with E-state index >= 15 is 0 Å². The monoisotopic (exact) mass is 419 g/mol. The molecule has 0 fully saturated rings. The molecule has 4 rings (SSSR count). The van der Waals surface area contributed by atoms with Gasteiger partial charge in [-0.25, -0.2) is 4.79 Å². The molecule has 1 N–H and O–H groups in total. The van der Waals surface area contributed by atoms with E-state index in [9.17, 15) is 9.59 Å². The molecule has 0 bridgehead atoms. The maximum absolute atomic E-state index is 12.5. The third kappa shape index (κ3) is 3.98. The van der Waals surface area contributed by atoms with Crippen LogP contribution in [-0.4, -0.2) is 38.0 Å². The van der Waals surface area contributed by atoms with Crippen LogP contribution >= 0.6 is 23.1 Å². The summed E-state index contributed by atoms with van der Waals surface area (Å²) in [6, 6.07) is 5.66. The smallest absolute Gasteiger partial charge is 0.341 e. The Bertz CT molecular complexity index is 908. The number of anilines is 1. The number of carbonyl (C=O) groups excluding carboxylic acids is 2. The maximum Gasteiger partial charge on any atom is 0.341 e. The third-order valence-corrected chi connectivity index (χ3v) is 6.90. The van der Waals surface area contributed by atoms with Crippen molar-refractivity contribution < 1.29 is 23.8 Å². The maximum atomic E-state index is 12.5. The summed E-state index contributed by atoms with van der Waals surface area (Å²) in [4.78, 5) is 26.9. The number of nitrogens with one attached hydrogen (secondary N) is 1. The van der Waals surface area contributed by atoms with Crippen LogP contribution in [0.2, 0.25) is 0 Å². The van der Waals surface area contributed by atoms with Gasteiger partial charge in [0, 0.05) is 9.77 Å². The third-order valence-electron chi connectivity index (χ3n) is 4.70. The average Bonchev–Trinajstić information content (AvgIpc) is 3.09. The first-order valence-electron chi connectivity index (χ1n) is 9.21. The number of thioether (sulfide) groups is 1. The fourth-order valence-corrected chi connectivity index (χ4v) is 5.42. The summed E-state index contributed by atoms with van der Waals surface area (Å²) in [5.41, 5.74) is 1.57. The highest BCUT2D eigenvalue weighted by Gasteiger charge is 2.27. The minimum atomic E-state index is -0.380. The van der Waals surface area contributed by atoms with Gasteiger partial charge in [0.15, 0.2) is 11.5 Å².